The molecule has 0 rings (SSSR count). The van der Waals surface area contributed by atoms with Crippen molar-refractivity contribution in [3.8, 4) is 0 Å². The molecular formula is C18H30Na2O4. The molecule has 0 fully saturated rings. The number of carboxylic acids is 2. The first-order valence-corrected chi connectivity index (χ1v) is 8.65. The van der Waals surface area contributed by atoms with Crippen molar-refractivity contribution in [3.05, 3.63) is 12.2 Å². The quantitative estimate of drug-likeness (QED) is 0.172. The molecule has 0 saturated heterocycles. The molecular weight excluding hydrogens is 326 g/mol. The summed E-state index contributed by atoms with van der Waals surface area (Å²) in [6.07, 6.45) is 16.0. The second-order valence-electron chi connectivity index (χ2n) is 5.90. The fourth-order valence-corrected chi connectivity index (χ4v) is 2.42. The van der Waals surface area contributed by atoms with Crippen molar-refractivity contribution in [2.24, 2.45) is 5.92 Å². The zero-order valence-corrected chi connectivity index (χ0v) is 19.9. The van der Waals surface area contributed by atoms with Crippen LogP contribution >= 0.6 is 0 Å². The second-order valence-corrected chi connectivity index (χ2v) is 5.90. The number of carbonyl (C=O) groups is 2. The summed E-state index contributed by atoms with van der Waals surface area (Å²) in [5.74, 6) is -3.80. The van der Waals surface area contributed by atoms with Crippen LogP contribution in [0.25, 0.3) is 0 Å². The molecule has 0 saturated carbocycles. The van der Waals surface area contributed by atoms with Crippen LogP contribution in [0, 0.1) is 5.92 Å². The van der Waals surface area contributed by atoms with Crippen LogP contribution in [0.3, 0.4) is 0 Å². The third-order valence-electron chi connectivity index (χ3n) is 3.78. The van der Waals surface area contributed by atoms with E-state index in [9.17, 15) is 19.8 Å². The maximum absolute atomic E-state index is 10.7. The minimum absolute atomic E-state index is 0. The van der Waals surface area contributed by atoms with Gasteiger partial charge in [-0.3, -0.25) is 0 Å². The zero-order valence-electron chi connectivity index (χ0n) is 15.9. The van der Waals surface area contributed by atoms with E-state index in [4.69, 9.17) is 0 Å². The van der Waals surface area contributed by atoms with E-state index in [0.29, 0.717) is 0 Å². The molecule has 0 aromatic heterocycles. The van der Waals surface area contributed by atoms with Gasteiger partial charge in [-0.25, -0.2) is 0 Å². The Kier molecular flexibility index (Phi) is 26.6. The number of hydrogen-bond acceptors (Lipinski definition) is 4. The van der Waals surface area contributed by atoms with Crippen molar-refractivity contribution in [2.45, 2.75) is 84.0 Å². The van der Waals surface area contributed by atoms with E-state index < -0.39 is 24.3 Å². The number of carbonyl (C=O) groups excluding carboxylic acids is 2. The SMILES string of the molecule is CCCCCCCCCCCC/C=C/C(CC(=O)[O-])C(=O)[O-].[Na+].[Na+]. The number of aliphatic carboxylic acids is 2. The molecule has 0 aromatic rings. The molecule has 0 bridgehead atoms. The van der Waals surface area contributed by atoms with Gasteiger partial charge < -0.3 is 19.8 Å². The van der Waals surface area contributed by atoms with E-state index in [-0.39, 0.29) is 59.1 Å². The average molecular weight is 356 g/mol. The molecule has 0 aliphatic heterocycles. The second kappa shape index (κ2) is 21.7. The number of unbranched alkanes of at least 4 members (excludes halogenated alkanes) is 10. The molecule has 128 valence electrons. The van der Waals surface area contributed by atoms with Crippen LogP contribution in [0.2, 0.25) is 0 Å². The molecule has 0 aromatic carbocycles. The Morgan fingerprint density at radius 2 is 1.29 bits per heavy atom. The van der Waals surface area contributed by atoms with E-state index in [1.54, 1.807) is 6.08 Å². The summed E-state index contributed by atoms with van der Waals surface area (Å²) in [4.78, 5) is 21.1. The number of rotatable bonds is 15. The topological polar surface area (TPSA) is 80.3 Å². The van der Waals surface area contributed by atoms with Crippen LogP contribution in [-0.4, -0.2) is 11.9 Å². The Labute approximate surface area is 191 Å². The molecule has 24 heavy (non-hydrogen) atoms. The Morgan fingerprint density at radius 1 is 0.833 bits per heavy atom. The van der Waals surface area contributed by atoms with Crippen LogP contribution in [0.5, 0.6) is 0 Å². The number of carboxylic acid groups (broad SMARTS) is 2. The van der Waals surface area contributed by atoms with Crippen LogP contribution in [0.4, 0.5) is 0 Å². The normalized spacial score (nSPS) is 11.5. The Hall–Kier alpha value is 0.680. The number of allylic oxidation sites excluding steroid dienone is 1. The minimum Gasteiger partial charge on any atom is -0.550 e. The fourth-order valence-electron chi connectivity index (χ4n) is 2.42. The van der Waals surface area contributed by atoms with Gasteiger partial charge >= 0.3 is 59.1 Å². The Balaban J connectivity index is -0.00000220. The van der Waals surface area contributed by atoms with Crippen molar-refractivity contribution < 1.29 is 78.9 Å². The molecule has 0 N–H and O–H groups in total. The third kappa shape index (κ3) is 20.7. The van der Waals surface area contributed by atoms with E-state index in [0.717, 1.165) is 19.3 Å². The first-order valence-electron chi connectivity index (χ1n) is 8.65. The van der Waals surface area contributed by atoms with Crippen molar-refractivity contribution in [2.75, 3.05) is 0 Å². The molecule has 0 aliphatic carbocycles. The standard InChI is InChI=1S/C18H32O4.2Na/c1-2-3-4-5-6-7-8-9-10-11-12-13-14-16(18(21)22)15-17(19)20;;/h13-14,16H,2-12,15H2,1H3,(H,19,20)(H,21,22);;/q;2*+1/p-2/b14-13+;;. The molecule has 1 atom stereocenters. The van der Waals surface area contributed by atoms with Gasteiger partial charge in [0.15, 0.2) is 0 Å². The van der Waals surface area contributed by atoms with E-state index in [1.807, 2.05) is 0 Å². The maximum atomic E-state index is 10.7. The van der Waals surface area contributed by atoms with Gasteiger partial charge in [0, 0.05) is 17.9 Å². The molecule has 4 nitrogen and oxygen atoms in total. The monoisotopic (exact) mass is 356 g/mol. The summed E-state index contributed by atoms with van der Waals surface area (Å²) in [6.45, 7) is 2.22. The Bertz CT molecular complexity index is 333. The predicted octanol–water partition coefficient (Wildman–Crippen LogP) is -3.63. The summed E-state index contributed by atoms with van der Waals surface area (Å²) < 4.78 is 0. The van der Waals surface area contributed by atoms with Crippen LogP contribution in [-0.2, 0) is 9.59 Å². The van der Waals surface area contributed by atoms with Gasteiger partial charge in [-0.15, -0.1) is 0 Å². The van der Waals surface area contributed by atoms with Crippen molar-refractivity contribution >= 4 is 11.9 Å². The zero-order chi connectivity index (χ0) is 16.6. The first kappa shape index (κ1) is 29.4. The van der Waals surface area contributed by atoms with Gasteiger partial charge in [-0.2, -0.15) is 0 Å². The van der Waals surface area contributed by atoms with Gasteiger partial charge in [0.05, 0.1) is 0 Å². The fraction of sp³-hybridized carbons (Fsp3) is 0.778. The summed E-state index contributed by atoms with van der Waals surface area (Å²) >= 11 is 0. The van der Waals surface area contributed by atoms with Gasteiger partial charge in [0.25, 0.3) is 0 Å². The van der Waals surface area contributed by atoms with Crippen LogP contribution in [0.15, 0.2) is 12.2 Å². The summed E-state index contributed by atoms with van der Waals surface area (Å²) in [5.41, 5.74) is 0. The van der Waals surface area contributed by atoms with E-state index in [2.05, 4.69) is 6.92 Å². The van der Waals surface area contributed by atoms with Crippen molar-refractivity contribution in [1.82, 2.24) is 0 Å². The molecule has 0 heterocycles. The summed E-state index contributed by atoms with van der Waals surface area (Å²) in [6, 6.07) is 0. The molecule has 6 heteroatoms. The van der Waals surface area contributed by atoms with Crippen molar-refractivity contribution in [3.63, 3.8) is 0 Å². The smallest absolute Gasteiger partial charge is 0.550 e. The van der Waals surface area contributed by atoms with Crippen molar-refractivity contribution in [1.29, 1.82) is 0 Å². The van der Waals surface area contributed by atoms with Gasteiger partial charge in [0.1, 0.15) is 0 Å². The summed E-state index contributed by atoms with van der Waals surface area (Å²) in [7, 11) is 0. The number of hydrogen-bond donors (Lipinski definition) is 0. The van der Waals surface area contributed by atoms with Crippen LogP contribution < -0.4 is 69.3 Å². The first-order chi connectivity index (χ1) is 10.6. The third-order valence-corrected chi connectivity index (χ3v) is 3.78. The Morgan fingerprint density at radius 3 is 1.71 bits per heavy atom. The summed E-state index contributed by atoms with van der Waals surface area (Å²) in [5, 5.41) is 21.1. The molecule has 0 aliphatic rings. The largest absolute Gasteiger partial charge is 1.00 e. The molecule has 0 amide bonds. The molecule has 0 spiro atoms. The minimum atomic E-state index is -1.36. The predicted molar refractivity (Wildman–Crippen MR) is 83.7 cm³/mol. The van der Waals surface area contributed by atoms with E-state index in [1.165, 1.54) is 57.4 Å². The van der Waals surface area contributed by atoms with Gasteiger partial charge in [-0.1, -0.05) is 76.9 Å². The molecule has 1 unspecified atom stereocenters. The van der Waals surface area contributed by atoms with E-state index >= 15 is 0 Å². The molecule has 0 radical (unpaired) electrons. The van der Waals surface area contributed by atoms with Gasteiger partial charge in [0.2, 0.25) is 0 Å². The maximum Gasteiger partial charge on any atom is 1.00 e. The van der Waals surface area contributed by atoms with Gasteiger partial charge in [-0.05, 0) is 19.3 Å². The van der Waals surface area contributed by atoms with Crippen LogP contribution in [0.1, 0.15) is 84.0 Å². The average Bonchev–Trinajstić information content (AvgIpc) is 2.46.